The predicted octanol–water partition coefficient (Wildman–Crippen LogP) is 3.53. The molecule has 0 aromatic carbocycles. The molecule has 1 atom stereocenters. The van der Waals surface area contributed by atoms with E-state index in [9.17, 15) is 9.59 Å². The van der Waals surface area contributed by atoms with Crippen LogP contribution in [0.15, 0.2) is 18.2 Å². The van der Waals surface area contributed by atoms with Crippen molar-refractivity contribution in [3.05, 3.63) is 40.3 Å². The second-order valence-corrected chi connectivity index (χ2v) is 7.64. The van der Waals surface area contributed by atoms with Crippen LogP contribution in [0.1, 0.15) is 60.9 Å². The van der Waals surface area contributed by atoms with Gasteiger partial charge >= 0.3 is 5.97 Å². The summed E-state index contributed by atoms with van der Waals surface area (Å²) in [6, 6.07) is 5.31. The summed E-state index contributed by atoms with van der Waals surface area (Å²) in [6.45, 7) is 5.32. The van der Waals surface area contributed by atoms with E-state index in [0.717, 1.165) is 37.1 Å². The van der Waals surface area contributed by atoms with Gasteiger partial charge in [0.05, 0.1) is 10.7 Å². The molecular weight excluding hydrogens is 380 g/mol. The highest BCUT2D eigenvalue weighted by molar-refractivity contribution is 6.33. The molecule has 2 heterocycles. The minimum Gasteiger partial charge on any atom is -0.448 e. The molecule has 1 unspecified atom stereocenters. The number of hydrogen-bond acceptors (Lipinski definition) is 5. The number of hydrogen-bond donors (Lipinski definition) is 1. The van der Waals surface area contributed by atoms with E-state index in [-0.39, 0.29) is 22.7 Å². The summed E-state index contributed by atoms with van der Waals surface area (Å²) in [5.74, 6) is -0.577. The van der Waals surface area contributed by atoms with Crippen LogP contribution in [0.3, 0.4) is 0 Å². The molecule has 28 heavy (non-hydrogen) atoms. The number of esters is 1. The van der Waals surface area contributed by atoms with Crippen molar-refractivity contribution < 1.29 is 14.3 Å². The summed E-state index contributed by atoms with van der Waals surface area (Å²) < 4.78 is 6.95. The smallest absolute Gasteiger partial charge is 0.359 e. The Morgan fingerprint density at radius 2 is 1.96 bits per heavy atom. The van der Waals surface area contributed by atoms with Gasteiger partial charge in [0.1, 0.15) is 0 Å². The maximum Gasteiger partial charge on any atom is 0.359 e. The number of amides is 1. The van der Waals surface area contributed by atoms with Crippen molar-refractivity contribution in [2.75, 3.05) is 0 Å². The maximum absolute atomic E-state index is 12.6. The van der Waals surface area contributed by atoms with E-state index in [0.29, 0.717) is 5.82 Å². The van der Waals surface area contributed by atoms with E-state index in [4.69, 9.17) is 16.3 Å². The number of nitrogens with one attached hydrogen (secondary N) is 1. The van der Waals surface area contributed by atoms with Gasteiger partial charge in [-0.3, -0.25) is 4.79 Å². The van der Waals surface area contributed by atoms with Crippen molar-refractivity contribution >= 4 is 23.5 Å². The quantitative estimate of drug-likeness (QED) is 0.770. The highest BCUT2D eigenvalue weighted by Crippen LogP contribution is 2.20. The number of aryl methyl sites for hydroxylation is 2. The summed E-state index contributed by atoms with van der Waals surface area (Å²) in [7, 11) is 0. The second-order valence-electron chi connectivity index (χ2n) is 7.23. The molecule has 2 aromatic heterocycles. The van der Waals surface area contributed by atoms with Gasteiger partial charge in [0.15, 0.2) is 17.6 Å². The van der Waals surface area contributed by atoms with Gasteiger partial charge in [-0.2, -0.15) is 5.10 Å². The lowest BCUT2D eigenvalue weighted by Gasteiger charge is -2.24. The number of ether oxygens (including phenoxy) is 1. The molecule has 0 saturated heterocycles. The highest BCUT2D eigenvalue weighted by Gasteiger charge is 2.25. The van der Waals surface area contributed by atoms with Crippen LogP contribution in [0.2, 0.25) is 5.02 Å². The molecule has 0 aliphatic heterocycles. The standard InChI is InChI=1S/C20H25ClN4O3/c1-12-11-13(2)25(24-12)17-10-9-16(21)18(23-17)20(27)28-14(3)19(26)22-15-7-5-4-6-8-15/h9-11,14-15H,4-8H2,1-3H3,(H,22,26). The first kappa shape index (κ1) is 20.3. The molecule has 0 radical (unpaired) electrons. The Kier molecular flexibility index (Phi) is 6.34. The van der Waals surface area contributed by atoms with Crippen LogP contribution in [0, 0.1) is 13.8 Å². The number of pyridine rings is 1. The van der Waals surface area contributed by atoms with Crippen molar-refractivity contribution in [1.82, 2.24) is 20.1 Å². The SMILES string of the molecule is Cc1cc(C)n(-c2ccc(Cl)c(C(=O)OC(C)C(=O)NC3CCCCC3)n2)n1. The molecule has 2 aromatic rings. The van der Waals surface area contributed by atoms with E-state index in [2.05, 4.69) is 15.4 Å². The van der Waals surface area contributed by atoms with Crippen LogP contribution in [0.5, 0.6) is 0 Å². The van der Waals surface area contributed by atoms with Gasteiger partial charge in [0.2, 0.25) is 0 Å². The normalized spacial score (nSPS) is 15.9. The summed E-state index contributed by atoms with van der Waals surface area (Å²) >= 11 is 6.15. The zero-order chi connectivity index (χ0) is 20.3. The first-order valence-corrected chi connectivity index (χ1v) is 9.94. The maximum atomic E-state index is 12.6. The summed E-state index contributed by atoms with van der Waals surface area (Å²) in [6.07, 6.45) is 4.42. The van der Waals surface area contributed by atoms with Crippen molar-refractivity contribution in [2.45, 2.75) is 65.0 Å². The number of carbonyl (C=O) groups is 2. The average molecular weight is 405 g/mol. The Bertz CT molecular complexity index is 874. The van der Waals surface area contributed by atoms with Crippen LogP contribution in [-0.2, 0) is 9.53 Å². The molecule has 1 aliphatic carbocycles. The molecule has 150 valence electrons. The fourth-order valence-corrected chi connectivity index (χ4v) is 3.57. The Balaban J connectivity index is 1.70. The summed E-state index contributed by atoms with van der Waals surface area (Å²) in [4.78, 5) is 29.2. The molecule has 1 amide bonds. The van der Waals surface area contributed by atoms with Gasteiger partial charge in [0, 0.05) is 11.7 Å². The fourth-order valence-electron chi connectivity index (χ4n) is 3.39. The van der Waals surface area contributed by atoms with Gasteiger partial charge in [-0.05, 0) is 51.8 Å². The molecule has 3 rings (SSSR count). The Morgan fingerprint density at radius 3 is 2.61 bits per heavy atom. The van der Waals surface area contributed by atoms with Crippen molar-refractivity contribution in [3.8, 4) is 5.82 Å². The van der Waals surface area contributed by atoms with Gasteiger partial charge in [0.25, 0.3) is 5.91 Å². The molecule has 1 saturated carbocycles. The van der Waals surface area contributed by atoms with Crippen LogP contribution in [-0.4, -0.2) is 38.8 Å². The van der Waals surface area contributed by atoms with E-state index >= 15 is 0 Å². The van der Waals surface area contributed by atoms with Crippen molar-refractivity contribution in [1.29, 1.82) is 0 Å². The largest absolute Gasteiger partial charge is 0.448 e. The van der Waals surface area contributed by atoms with Crippen LogP contribution in [0.4, 0.5) is 0 Å². The van der Waals surface area contributed by atoms with Crippen LogP contribution >= 0.6 is 11.6 Å². The first-order chi connectivity index (χ1) is 13.3. The van der Waals surface area contributed by atoms with Gasteiger partial charge < -0.3 is 10.1 Å². The topological polar surface area (TPSA) is 86.1 Å². The second kappa shape index (κ2) is 8.73. The third-order valence-corrected chi connectivity index (χ3v) is 5.16. The number of halogens is 1. The number of carbonyl (C=O) groups excluding carboxylic acids is 2. The fraction of sp³-hybridized carbons (Fsp3) is 0.500. The molecule has 8 heteroatoms. The number of rotatable bonds is 5. The highest BCUT2D eigenvalue weighted by atomic mass is 35.5. The third kappa shape index (κ3) is 4.70. The molecule has 1 fully saturated rings. The monoisotopic (exact) mass is 404 g/mol. The van der Waals surface area contributed by atoms with E-state index in [1.54, 1.807) is 23.7 Å². The zero-order valence-corrected chi connectivity index (χ0v) is 17.1. The molecule has 1 aliphatic rings. The lowest BCUT2D eigenvalue weighted by molar-refractivity contribution is -0.130. The van der Waals surface area contributed by atoms with Crippen LogP contribution < -0.4 is 5.32 Å². The van der Waals surface area contributed by atoms with Crippen molar-refractivity contribution in [3.63, 3.8) is 0 Å². The molecular formula is C20H25ClN4O3. The van der Waals surface area contributed by atoms with Gasteiger partial charge in [-0.1, -0.05) is 30.9 Å². The zero-order valence-electron chi connectivity index (χ0n) is 16.4. The lowest BCUT2D eigenvalue weighted by atomic mass is 9.95. The van der Waals surface area contributed by atoms with Gasteiger partial charge in [-0.25, -0.2) is 14.5 Å². The van der Waals surface area contributed by atoms with E-state index in [1.807, 2.05) is 19.9 Å². The Morgan fingerprint density at radius 1 is 1.25 bits per heavy atom. The van der Waals surface area contributed by atoms with Crippen LogP contribution in [0.25, 0.3) is 5.82 Å². The predicted molar refractivity (Wildman–Crippen MR) is 106 cm³/mol. The minimum atomic E-state index is -0.926. The van der Waals surface area contributed by atoms with Gasteiger partial charge in [-0.15, -0.1) is 0 Å². The summed E-state index contributed by atoms with van der Waals surface area (Å²) in [5.41, 5.74) is 1.68. The minimum absolute atomic E-state index is 0.0379. The average Bonchev–Trinajstić information content (AvgIpc) is 3.01. The Hall–Kier alpha value is -2.41. The molecule has 0 spiro atoms. The first-order valence-electron chi connectivity index (χ1n) is 9.56. The molecule has 7 nitrogen and oxygen atoms in total. The van der Waals surface area contributed by atoms with E-state index in [1.165, 1.54) is 6.42 Å². The summed E-state index contributed by atoms with van der Waals surface area (Å²) in [5, 5.41) is 7.48. The third-order valence-electron chi connectivity index (χ3n) is 4.86. The number of nitrogens with zero attached hydrogens (tertiary/aromatic N) is 3. The number of aromatic nitrogens is 3. The molecule has 1 N–H and O–H groups in total. The van der Waals surface area contributed by atoms with E-state index < -0.39 is 12.1 Å². The lowest BCUT2D eigenvalue weighted by Crippen LogP contribution is -2.42. The van der Waals surface area contributed by atoms with Crippen molar-refractivity contribution in [2.24, 2.45) is 0 Å². The Labute approximate surface area is 169 Å². The molecule has 0 bridgehead atoms.